The van der Waals surface area contributed by atoms with Crippen LogP contribution in [0.3, 0.4) is 0 Å². The molecule has 0 aromatic heterocycles. The predicted octanol–water partition coefficient (Wildman–Crippen LogP) is 0.119. The molecule has 0 bridgehead atoms. The van der Waals surface area contributed by atoms with Crippen LogP contribution >= 0.6 is 11.6 Å². The summed E-state index contributed by atoms with van der Waals surface area (Å²) in [7, 11) is 3.10. The Morgan fingerprint density at radius 2 is 2.27 bits per heavy atom. The van der Waals surface area contributed by atoms with Crippen molar-refractivity contribution in [2.75, 3.05) is 33.3 Å². The number of carbonyl (C=O) groups is 1. The van der Waals surface area contributed by atoms with Crippen LogP contribution in [0, 0.1) is 0 Å². The molecule has 1 amide bonds. The summed E-state index contributed by atoms with van der Waals surface area (Å²) in [6.07, 6.45) is 0.577. The van der Waals surface area contributed by atoms with Crippen LogP contribution in [-0.2, 0) is 19.0 Å². The SMILES string of the molecule is COC1(OC)CCOCC1NC(=O)CCl. The van der Waals surface area contributed by atoms with Gasteiger partial charge in [-0.15, -0.1) is 11.6 Å². The Kier molecular flexibility index (Phi) is 4.79. The van der Waals surface area contributed by atoms with Crippen LogP contribution in [0.4, 0.5) is 0 Å². The molecule has 1 unspecified atom stereocenters. The summed E-state index contributed by atoms with van der Waals surface area (Å²) in [5.41, 5.74) is 0. The lowest BCUT2D eigenvalue weighted by Gasteiger charge is -2.41. The molecule has 1 saturated heterocycles. The van der Waals surface area contributed by atoms with Crippen LogP contribution in [0.2, 0.25) is 0 Å². The second-order valence-electron chi connectivity index (χ2n) is 3.30. The minimum atomic E-state index is -0.806. The number of hydrogen-bond acceptors (Lipinski definition) is 4. The lowest BCUT2D eigenvalue weighted by molar-refractivity contribution is -0.258. The molecule has 88 valence electrons. The van der Waals surface area contributed by atoms with Crippen molar-refractivity contribution in [3.63, 3.8) is 0 Å². The van der Waals surface area contributed by atoms with Gasteiger partial charge >= 0.3 is 0 Å². The third kappa shape index (κ3) is 2.81. The van der Waals surface area contributed by atoms with Crippen molar-refractivity contribution < 1.29 is 19.0 Å². The first-order chi connectivity index (χ1) is 7.18. The normalized spacial score (nSPS) is 24.9. The average Bonchev–Trinajstić information content (AvgIpc) is 2.30. The van der Waals surface area contributed by atoms with Gasteiger partial charge in [0.15, 0.2) is 5.79 Å². The monoisotopic (exact) mass is 237 g/mol. The molecular formula is C9H16ClNO4. The van der Waals surface area contributed by atoms with E-state index in [1.807, 2.05) is 0 Å². The third-order valence-electron chi connectivity index (χ3n) is 2.56. The second kappa shape index (κ2) is 5.65. The Balaban J connectivity index is 2.68. The van der Waals surface area contributed by atoms with Gasteiger partial charge in [-0.25, -0.2) is 0 Å². The van der Waals surface area contributed by atoms with E-state index in [2.05, 4.69) is 5.32 Å². The number of carbonyl (C=O) groups excluding carboxylic acids is 1. The van der Waals surface area contributed by atoms with Crippen LogP contribution in [-0.4, -0.2) is 51.0 Å². The lowest BCUT2D eigenvalue weighted by atomic mass is 10.0. The van der Waals surface area contributed by atoms with Gasteiger partial charge in [0.1, 0.15) is 11.9 Å². The van der Waals surface area contributed by atoms with Gasteiger partial charge in [0.25, 0.3) is 0 Å². The van der Waals surface area contributed by atoms with E-state index in [0.717, 1.165) is 0 Å². The molecule has 0 aromatic rings. The minimum absolute atomic E-state index is 0.0833. The standard InChI is InChI=1S/C9H16ClNO4/c1-13-9(14-2)3-4-15-6-7(9)11-8(12)5-10/h7H,3-6H2,1-2H3,(H,11,12). The van der Waals surface area contributed by atoms with Crippen LogP contribution in [0.25, 0.3) is 0 Å². The zero-order chi connectivity index (χ0) is 11.3. The Morgan fingerprint density at radius 3 is 2.80 bits per heavy atom. The molecule has 1 rings (SSSR count). The Labute approximate surface area is 94.0 Å². The number of ether oxygens (including phenoxy) is 3. The first-order valence-corrected chi connectivity index (χ1v) is 5.25. The van der Waals surface area contributed by atoms with E-state index in [9.17, 15) is 4.79 Å². The smallest absolute Gasteiger partial charge is 0.235 e. The summed E-state index contributed by atoms with van der Waals surface area (Å²) >= 11 is 5.42. The van der Waals surface area contributed by atoms with E-state index in [1.165, 1.54) is 0 Å². The van der Waals surface area contributed by atoms with Gasteiger partial charge in [0, 0.05) is 20.6 Å². The highest BCUT2D eigenvalue weighted by Crippen LogP contribution is 2.25. The van der Waals surface area contributed by atoms with Crippen molar-refractivity contribution in [2.45, 2.75) is 18.2 Å². The quantitative estimate of drug-likeness (QED) is 0.558. The fraction of sp³-hybridized carbons (Fsp3) is 0.889. The highest BCUT2D eigenvalue weighted by atomic mass is 35.5. The van der Waals surface area contributed by atoms with Gasteiger partial charge in [-0.3, -0.25) is 4.79 Å². The van der Waals surface area contributed by atoms with Crippen molar-refractivity contribution in [1.82, 2.24) is 5.32 Å². The highest BCUT2D eigenvalue weighted by molar-refractivity contribution is 6.27. The molecule has 1 aliphatic rings. The second-order valence-corrected chi connectivity index (χ2v) is 3.57. The molecule has 0 saturated carbocycles. The third-order valence-corrected chi connectivity index (χ3v) is 2.80. The first-order valence-electron chi connectivity index (χ1n) is 4.72. The van der Waals surface area contributed by atoms with E-state index >= 15 is 0 Å². The van der Waals surface area contributed by atoms with Gasteiger partial charge < -0.3 is 19.5 Å². The molecule has 0 radical (unpaired) electrons. The Hall–Kier alpha value is -0.360. The molecule has 1 heterocycles. The van der Waals surface area contributed by atoms with Crippen molar-refractivity contribution in [2.24, 2.45) is 0 Å². The Morgan fingerprint density at radius 1 is 1.60 bits per heavy atom. The Bertz CT molecular complexity index is 220. The molecule has 1 aliphatic heterocycles. The maximum Gasteiger partial charge on any atom is 0.235 e. The molecule has 0 spiro atoms. The van der Waals surface area contributed by atoms with E-state index < -0.39 is 5.79 Å². The summed E-state index contributed by atoms with van der Waals surface area (Å²) in [4.78, 5) is 11.2. The van der Waals surface area contributed by atoms with Gasteiger partial charge in [-0.05, 0) is 0 Å². The van der Waals surface area contributed by atoms with E-state index in [0.29, 0.717) is 19.6 Å². The van der Waals surface area contributed by atoms with Crippen molar-refractivity contribution >= 4 is 17.5 Å². The average molecular weight is 238 g/mol. The molecule has 0 aromatic carbocycles. The maximum atomic E-state index is 11.2. The van der Waals surface area contributed by atoms with Gasteiger partial charge in [0.2, 0.25) is 5.91 Å². The highest BCUT2D eigenvalue weighted by Gasteiger charge is 2.42. The zero-order valence-electron chi connectivity index (χ0n) is 8.92. The number of alkyl halides is 1. The number of hydrogen-bond donors (Lipinski definition) is 1. The molecule has 1 fully saturated rings. The first kappa shape index (κ1) is 12.7. The van der Waals surface area contributed by atoms with Gasteiger partial charge in [-0.1, -0.05) is 0 Å². The summed E-state index contributed by atoms with van der Waals surface area (Å²) in [6, 6.07) is -0.326. The number of rotatable bonds is 4. The van der Waals surface area contributed by atoms with Crippen molar-refractivity contribution in [1.29, 1.82) is 0 Å². The predicted molar refractivity (Wildman–Crippen MR) is 54.8 cm³/mol. The van der Waals surface area contributed by atoms with Crippen molar-refractivity contribution in [3.05, 3.63) is 0 Å². The number of amides is 1. The molecule has 15 heavy (non-hydrogen) atoms. The molecule has 5 nitrogen and oxygen atoms in total. The molecule has 0 aliphatic carbocycles. The largest absolute Gasteiger partial charge is 0.379 e. The van der Waals surface area contributed by atoms with Crippen LogP contribution in [0.15, 0.2) is 0 Å². The summed E-state index contributed by atoms with van der Waals surface area (Å²) in [6.45, 7) is 0.916. The fourth-order valence-corrected chi connectivity index (χ4v) is 1.75. The topological polar surface area (TPSA) is 56.8 Å². The van der Waals surface area contributed by atoms with Crippen molar-refractivity contribution in [3.8, 4) is 0 Å². The van der Waals surface area contributed by atoms with Gasteiger partial charge in [0.05, 0.1) is 13.2 Å². The molecular weight excluding hydrogens is 222 g/mol. The number of nitrogens with one attached hydrogen (secondary N) is 1. The maximum absolute atomic E-state index is 11.2. The van der Waals surface area contributed by atoms with Crippen LogP contribution in [0.5, 0.6) is 0 Å². The number of halogens is 1. The lowest BCUT2D eigenvalue weighted by Crippen LogP contribution is -2.60. The van der Waals surface area contributed by atoms with E-state index in [1.54, 1.807) is 14.2 Å². The summed E-state index contributed by atoms with van der Waals surface area (Å²) < 4.78 is 15.9. The van der Waals surface area contributed by atoms with Crippen LogP contribution in [0.1, 0.15) is 6.42 Å². The summed E-state index contributed by atoms with van der Waals surface area (Å²) in [5.74, 6) is -1.15. The van der Waals surface area contributed by atoms with Crippen LogP contribution < -0.4 is 5.32 Å². The summed E-state index contributed by atoms with van der Waals surface area (Å²) in [5, 5.41) is 2.72. The number of methoxy groups -OCH3 is 2. The van der Waals surface area contributed by atoms with E-state index in [-0.39, 0.29) is 17.8 Å². The molecule has 1 N–H and O–H groups in total. The molecule has 6 heteroatoms. The fourth-order valence-electron chi connectivity index (χ4n) is 1.67. The molecule has 1 atom stereocenters. The minimum Gasteiger partial charge on any atom is -0.379 e. The van der Waals surface area contributed by atoms with Gasteiger partial charge in [-0.2, -0.15) is 0 Å². The zero-order valence-corrected chi connectivity index (χ0v) is 9.67. The van der Waals surface area contributed by atoms with E-state index in [4.69, 9.17) is 25.8 Å².